The number of methoxy groups -OCH3 is 1. The van der Waals surface area contributed by atoms with Crippen molar-refractivity contribution in [1.82, 2.24) is 9.88 Å². The lowest BCUT2D eigenvalue weighted by Gasteiger charge is -2.17. The van der Waals surface area contributed by atoms with Gasteiger partial charge in [0.1, 0.15) is 18.1 Å². The quantitative estimate of drug-likeness (QED) is 0.657. The predicted molar refractivity (Wildman–Crippen MR) is 106 cm³/mol. The van der Waals surface area contributed by atoms with Crippen LogP contribution in [0, 0.1) is 13.8 Å². The minimum Gasteiger partial charge on any atom is -0.492 e. The number of hydrogen-bond acceptors (Lipinski definition) is 6. The smallest absolute Gasteiger partial charge is 0.355 e. The average molecular weight is 423 g/mol. The van der Waals surface area contributed by atoms with Crippen molar-refractivity contribution >= 4 is 29.4 Å². The third-order valence-corrected chi connectivity index (χ3v) is 4.54. The molecule has 0 saturated carbocycles. The first-order valence-corrected chi connectivity index (χ1v) is 9.19. The van der Waals surface area contributed by atoms with Crippen LogP contribution in [-0.2, 0) is 14.3 Å². The second-order valence-corrected chi connectivity index (χ2v) is 6.75. The van der Waals surface area contributed by atoms with Crippen LogP contribution in [0.4, 0.5) is 0 Å². The van der Waals surface area contributed by atoms with Gasteiger partial charge in [-0.25, -0.2) is 9.59 Å². The Kier molecular flexibility index (Phi) is 7.67. The zero-order valence-electron chi connectivity index (χ0n) is 16.7. The molecule has 0 aliphatic rings. The van der Waals surface area contributed by atoms with Crippen LogP contribution < -0.4 is 4.74 Å². The first-order chi connectivity index (χ1) is 13.7. The van der Waals surface area contributed by atoms with Crippen LogP contribution in [0.25, 0.3) is 0 Å². The maximum Gasteiger partial charge on any atom is 0.355 e. The summed E-state index contributed by atoms with van der Waals surface area (Å²) in [6.45, 7) is 3.41. The van der Waals surface area contributed by atoms with E-state index in [1.165, 1.54) is 12.0 Å². The second kappa shape index (κ2) is 9.97. The zero-order chi connectivity index (χ0) is 21.6. The number of hydrogen-bond donors (Lipinski definition) is 1. The molecule has 0 saturated heterocycles. The van der Waals surface area contributed by atoms with Crippen molar-refractivity contribution in [2.45, 2.75) is 13.8 Å². The van der Waals surface area contributed by atoms with Gasteiger partial charge in [0.2, 0.25) is 0 Å². The van der Waals surface area contributed by atoms with Gasteiger partial charge < -0.3 is 24.1 Å². The van der Waals surface area contributed by atoms with Gasteiger partial charge in [-0.1, -0.05) is 11.6 Å². The molecule has 0 aliphatic heterocycles. The minimum absolute atomic E-state index is 0.115. The molecule has 1 amide bonds. The number of nitrogens with zero attached hydrogens (tertiary/aromatic N) is 1. The molecule has 9 heteroatoms. The average Bonchev–Trinajstić information content (AvgIpc) is 3.00. The molecule has 0 radical (unpaired) electrons. The fourth-order valence-corrected chi connectivity index (χ4v) is 2.75. The molecule has 0 bridgehead atoms. The maximum atomic E-state index is 12.3. The van der Waals surface area contributed by atoms with Crippen LogP contribution in [-0.4, -0.2) is 61.6 Å². The monoisotopic (exact) mass is 422 g/mol. The van der Waals surface area contributed by atoms with Gasteiger partial charge in [-0.05, 0) is 43.7 Å². The van der Waals surface area contributed by atoms with Crippen LogP contribution in [0.3, 0.4) is 0 Å². The predicted octanol–water partition coefficient (Wildman–Crippen LogP) is 2.77. The fourth-order valence-electron chi connectivity index (χ4n) is 2.63. The zero-order valence-corrected chi connectivity index (χ0v) is 17.5. The van der Waals surface area contributed by atoms with Crippen LogP contribution in [0.5, 0.6) is 5.75 Å². The van der Waals surface area contributed by atoms with Crippen LogP contribution >= 0.6 is 11.6 Å². The molecule has 1 heterocycles. The number of amides is 1. The molecule has 0 aliphatic carbocycles. The van der Waals surface area contributed by atoms with E-state index >= 15 is 0 Å². The molecule has 0 spiro atoms. The Hall–Kier alpha value is -3.00. The Balaban J connectivity index is 1.84. The van der Waals surface area contributed by atoms with Gasteiger partial charge >= 0.3 is 11.9 Å². The summed E-state index contributed by atoms with van der Waals surface area (Å²) < 4.78 is 15.3. The van der Waals surface area contributed by atoms with Gasteiger partial charge in [-0.2, -0.15) is 0 Å². The number of H-pyrrole nitrogens is 1. The molecule has 0 unspecified atom stereocenters. The number of likely N-dealkylation sites (N-methyl/N-ethyl adjacent to an activating group) is 1. The van der Waals surface area contributed by atoms with Gasteiger partial charge in [0.15, 0.2) is 6.61 Å². The summed E-state index contributed by atoms with van der Waals surface area (Å²) in [6, 6.07) is 6.88. The van der Waals surface area contributed by atoms with E-state index in [0.29, 0.717) is 28.6 Å². The summed E-state index contributed by atoms with van der Waals surface area (Å²) in [7, 11) is 2.85. The minimum atomic E-state index is -0.722. The van der Waals surface area contributed by atoms with E-state index in [4.69, 9.17) is 25.8 Å². The molecule has 156 valence electrons. The molecule has 1 aromatic heterocycles. The number of carbonyl (C=O) groups excluding carboxylic acids is 3. The molecule has 29 heavy (non-hydrogen) atoms. The summed E-state index contributed by atoms with van der Waals surface area (Å²) in [5.41, 5.74) is 1.30. The number of benzene rings is 1. The summed E-state index contributed by atoms with van der Waals surface area (Å²) in [6.07, 6.45) is 0. The Bertz CT molecular complexity index is 891. The highest BCUT2D eigenvalue weighted by molar-refractivity contribution is 6.30. The van der Waals surface area contributed by atoms with Gasteiger partial charge in [-0.3, -0.25) is 4.79 Å². The van der Waals surface area contributed by atoms with E-state index < -0.39 is 18.5 Å². The Morgan fingerprint density at radius 2 is 1.76 bits per heavy atom. The van der Waals surface area contributed by atoms with Crippen LogP contribution in [0.2, 0.25) is 5.02 Å². The fraction of sp³-hybridized carbons (Fsp3) is 0.350. The van der Waals surface area contributed by atoms with Gasteiger partial charge in [0.25, 0.3) is 5.91 Å². The largest absolute Gasteiger partial charge is 0.492 e. The Morgan fingerprint density at radius 1 is 1.10 bits per heavy atom. The lowest BCUT2D eigenvalue weighted by molar-refractivity contribution is -0.133. The van der Waals surface area contributed by atoms with Gasteiger partial charge in [-0.15, -0.1) is 0 Å². The number of ether oxygens (including phenoxy) is 3. The SMILES string of the molecule is COC(=O)c1c(C)[nH]c(C(=O)OCC(=O)N(C)CCOc2ccc(Cl)cc2)c1C. The summed E-state index contributed by atoms with van der Waals surface area (Å²) in [5, 5.41) is 0.609. The molecule has 1 N–H and O–H groups in total. The molecule has 2 aromatic rings. The van der Waals surface area contributed by atoms with E-state index in [9.17, 15) is 14.4 Å². The maximum absolute atomic E-state index is 12.3. The second-order valence-electron chi connectivity index (χ2n) is 6.31. The molecular weight excluding hydrogens is 400 g/mol. The number of aromatic nitrogens is 1. The van der Waals surface area contributed by atoms with E-state index in [1.807, 2.05) is 0 Å². The van der Waals surface area contributed by atoms with Crippen LogP contribution in [0.1, 0.15) is 32.1 Å². The molecule has 0 atom stereocenters. The molecule has 2 rings (SSSR count). The number of aryl methyl sites for hydroxylation is 1. The number of carbonyl (C=O) groups is 3. The highest BCUT2D eigenvalue weighted by atomic mass is 35.5. The summed E-state index contributed by atoms with van der Waals surface area (Å²) in [4.78, 5) is 40.5. The standard InChI is InChI=1S/C20H23ClN2O6/c1-12-17(19(25)27-4)13(2)22-18(12)20(26)29-11-16(24)23(3)9-10-28-15-7-5-14(21)6-8-15/h5-8,22H,9-11H2,1-4H3. The molecular formula is C20H23ClN2O6. The molecule has 0 fully saturated rings. The highest BCUT2D eigenvalue weighted by Gasteiger charge is 2.24. The lowest BCUT2D eigenvalue weighted by Crippen LogP contribution is -2.34. The van der Waals surface area contributed by atoms with E-state index in [-0.39, 0.29) is 23.8 Å². The van der Waals surface area contributed by atoms with Crippen molar-refractivity contribution in [3.05, 3.63) is 51.8 Å². The third-order valence-electron chi connectivity index (χ3n) is 4.29. The Morgan fingerprint density at radius 3 is 2.38 bits per heavy atom. The van der Waals surface area contributed by atoms with E-state index in [1.54, 1.807) is 45.2 Å². The van der Waals surface area contributed by atoms with Crippen molar-refractivity contribution in [3.8, 4) is 5.75 Å². The van der Waals surface area contributed by atoms with Crippen LogP contribution in [0.15, 0.2) is 24.3 Å². The van der Waals surface area contributed by atoms with Crippen molar-refractivity contribution in [1.29, 1.82) is 0 Å². The number of aromatic amines is 1. The van der Waals surface area contributed by atoms with Crippen molar-refractivity contribution < 1.29 is 28.6 Å². The Labute approximate surface area is 173 Å². The number of rotatable bonds is 8. The number of esters is 2. The molecule has 1 aromatic carbocycles. The number of nitrogens with one attached hydrogen (secondary N) is 1. The lowest BCUT2D eigenvalue weighted by atomic mass is 10.1. The normalized spacial score (nSPS) is 10.4. The van der Waals surface area contributed by atoms with E-state index in [0.717, 1.165) is 0 Å². The molecule has 8 nitrogen and oxygen atoms in total. The third kappa shape index (κ3) is 5.74. The topological polar surface area (TPSA) is 97.9 Å². The summed E-state index contributed by atoms with van der Waals surface area (Å²) >= 11 is 5.81. The first-order valence-electron chi connectivity index (χ1n) is 8.81. The first kappa shape index (κ1) is 22.3. The highest BCUT2D eigenvalue weighted by Crippen LogP contribution is 2.19. The van der Waals surface area contributed by atoms with Gasteiger partial charge in [0, 0.05) is 17.8 Å². The van der Waals surface area contributed by atoms with Crippen molar-refractivity contribution in [3.63, 3.8) is 0 Å². The van der Waals surface area contributed by atoms with E-state index in [2.05, 4.69) is 4.98 Å². The summed E-state index contributed by atoms with van der Waals surface area (Å²) in [5.74, 6) is -1.01. The van der Waals surface area contributed by atoms with Crippen molar-refractivity contribution in [2.75, 3.05) is 33.9 Å². The van der Waals surface area contributed by atoms with Crippen molar-refractivity contribution in [2.24, 2.45) is 0 Å². The number of halogens is 1. The van der Waals surface area contributed by atoms with Gasteiger partial charge in [0.05, 0.1) is 19.2 Å².